The van der Waals surface area contributed by atoms with Crippen molar-refractivity contribution in [2.45, 2.75) is 45.2 Å². The summed E-state index contributed by atoms with van der Waals surface area (Å²) in [7, 11) is 0. The summed E-state index contributed by atoms with van der Waals surface area (Å²) in [6.07, 6.45) is 5.66. The maximum atomic E-state index is 4.35. The van der Waals surface area contributed by atoms with E-state index >= 15 is 0 Å². The fraction of sp³-hybridized carbons (Fsp3) is 0.727. The van der Waals surface area contributed by atoms with Crippen LogP contribution in [0.1, 0.15) is 38.4 Å². The Bertz CT molecular complexity index is 284. The standard InChI is InChI=1S/C11H19N3/c1-9(2)14-11(5-7-13-14)8-10-4-3-6-12-10/h5,7,9-10,12H,3-4,6,8H2,1-2H3. The molecule has 0 saturated carbocycles. The van der Waals surface area contributed by atoms with E-state index in [1.54, 1.807) is 0 Å². The molecule has 1 aromatic rings. The topological polar surface area (TPSA) is 29.9 Å². The van der Waals surface area contributed by atoms with Crippen molar-refractivity contribution >= 4 is 0 Å². The Morgan fingerprint density at radius 2 is 2.50 bits per heavy atom. The Balaban J connectivity index is 2.04. The van der Waals surface area contributed by atoms with Gasteiger partial charge in [-0.3, -0.25) is 4.68 Å². The van der Waals surface area contributed by atoms with Gasteiger partial charge in [0.15, 0.2) is 0 Å². The van der Waals surface area contributed by atoms with Gasteiger partial charge in [0, 0.05) is 30.4 Å². The summed E-state index contributed by atoms with van der Waals surface area (Å²) in [4.78, 5) is 0. The molecule has 2 heterocycles. The second-order valence-electron chi connectivity index (χ2n) is 4.36. The smallest absolute Gasteiger partial charge is 0.0492 e. The van der Waals surface area contributed by atoms with Gasteiger partial charge < -0.3 is 5.32 Å². The minimum absolute atomic E-state index is 0.474. The van der Waals surface area contributed by atoms with Crippen LogP contribution >= 0.6 is 0 Å². The molecule has 0 aliphatic carbocycles. The molecule has 0 bridgehead atoms. The summed E-state index contributed by atoms with van der Waals surface area (Å²) in [6.45, 7) is 5.54. The van der Waals surface area contributed by atoms with Crippen LogP contribution in [0, 0.1) is 0 Å². The molecule has 78 valence electrons. The zero-order valence-corrected chi connectivity index (χ0v) is 9.03. The molecule has 1 unspecified atom stereocenters. The molecule has 0 aromatic carbocycles. The summed E-state index contributed by atoms with van der Waals surface area (Å²) in [5.41, 5.74) is 1.36. The monoisotopic (exact) mass is 193 g/mol. The lowest BCUT2D eigenvalue weighted by molar-refractivity contribution is 0.486. The van der Waals surface area contributed by atoms with Gasteiger partial charge in [0.2, 0.25) is 0 Å². The Labute approximate surface area is 85.5 Å². The Hall–Kier alpha value is -0.830. The number of nitrogens with one attached hydrogen (secondary N) is 1. The summed E-state index contributed by atoms with van der Waals surface area (Å²) in [6, 6.07) is 3.28. The lowest BCUT2D eigenvalue weighted by atomic mass is 10.1. The molecule has 1 fully saturated rings. The van der Waals surface area contributed by atoms with Gasteiger partial charge in [0.25, 0.3) is 0 Å². The highest BCUT2D eigenvalue weighted by molar-refractivity contribution is 5.04. The van der Waals surface area contributed by atoms with Crippen LogP contribution in [0.5, 0.6) is 0 Å². The minimum Gasteiger partial charge on any atom is -0.314 e. The van der Waals surface area contributed by atoms with Gasteiger partial charge in [-0.25, -0.2) is 0 Å². The highest BCUT2D eigenvalue weighted by Gasteiger charge is 2.16. The zero-order chi connectivity index (χ0) is 9.97. The zero-order valence-electron chi connectivity index (χ0n) is 9.03. The Morgan fingerprint density at radius 3 is 3.14 bits per heavy atom. The summed E-state index contributed by atoms with van der Waals surface area (Å²) < 4.78 is 2.12. The predicted octanol–water partition coefficient (Wildman–Crippen LogP) is 1.76. The van der Waals surface area contributed by atoms with Crippen LogP contribution in [-0.2, 0) is 6.42 Å². The van der Waals surface area contributed by atoms with Crippen LogP contribution in [-0.4, -0.2) is 22.4 Å². The second-order valence-corrected chi connectivity index (χ2v) is 4.36. The molecule has 1 atom stereocenters. The molecular formula is C11H19N3. The van der Waals surface area contributed by atoms with E-state index in [-0.39, 0.29) is 0 Å². The van der Waals surface area contributed by atoms with Crippen molar-refractivity contribution < 1.29 is 0 Å². The number of hydrogen-bond donors (Lipinski definition) is 1. The molecule has 2 rings (SSSR count). The SMILES string of the molecule is CC(C)n1nccc1CC1CCCN1. The predicted molar refractivity (Wildman–Crippen MR) is 57.3 cm³/mol. The molecule has 0 radical (unpaired) electrons. The van der Waals surface area contributed by atoms with Gasteiger partial charge in [0.1, 0.15) is 0 Å². The van der Waals surface area contributed by atoms with Crippen molar-refractivity contribution in [1.29, 1.82) is 0 Å². The van der Waals surface area contributed by atoms with E-state index in [4.69, 9.17) is 0 Å². The van der Waals surface area contributed by atoms with Crippen molar-refractivity contribution in [2.24, 2.45) is 0 Å². The van der Waals surface area contributed by atoms with E-state index in [0.717, 1.165) is 6.42 Å². The number of hydrogen-bond acceptors (Lipinski definition) is 2. The van der Waals surface area contributed by atoms with Crippen LogP contribution < -0.4 is 5.32 Å². The Kier molecular flexibility index (Phi) is 2.87. The lowest BCUT2D eigenvalue weighted by Gasteiger charge is -2.14. The third-order valence-electron chi connectivity index (χ3n) is 2.86. The van der Waals surface area contributed by atoms with Crippen molar-refractivity contribution in [2.75, 3.05) is 6.54 Å². The number of rotatable bonds is 3. The molecule has 1 N–H and O–H groups in total. The first-order valence-electron chi connectivity index (χ1n) is 5.53. The molecule has 1 aromatic heterocycles. The van der Waals surface area contributed by atoms with Gasteiger partial charge >= 0.3 is 0 Å². The first-order valence-corrected chi connectivity index (χ1v) is 5.53. The van der Waals surface area contributed by atoms with Crippen molar-refractivity contribution in [1.82, 2.24) is 15.1 Å². The van der Waals surface area contributed by atoms with E-state index in [2.05, 4.69) is 35.0 Å². The normalized spacial score (nSPS) is 22.1. The lowest BCUT2D eigenvalue weighted by Crippen LogP contribution is -2.25. The van der Waals surface area contributed by atoms with Crippen LogP contribution in [0.4, 0.5) is 0 Å². The van der Waals surface area contributed by atoms with Crippen molar-refractivity contribution in [3.8, 4) is 0 Å². The first-order chi connectivity index (χ1) is 6.77. The maximum Gasteiger partial charge on any atom is 0.0492 e. The molecule has 0 spiro atoms. The molecule has 1 aliphatic heterocycles. The van der Waals surface area contributed by atoms with Gasteiger partial charge in [-0.1, -0.05) is 0 Å². The third-order valence-corrected chi connectivity index (χ3v) is 2.86. The highest BCUT2D eigenvalue weighted by atomic mass is 15.3. The Morgan fingerprint density at radius 1 is 1.64 bits per heavy atom. The molecule has 1 saturated heterocycles. The number of nitrogens with zero attached hydrogens (tertiary/aromatic N) is 2. The highest BCUT2D eigenvalue weighted by Crippen LogP contribution is 2.14. The second kappa shape index (κ2) is 4.13. The van der Waals surface area contributed by atoms with Crippen LogP contribution in [0.25, 0.3) is 0 Å². The quantitative estimate of drug-likeness (QED) is 0.792. The largest absolute Gasteiger partial charge is 0.314 e. The van der Waals surface area contributed by atoms with E-state index in [0.29, 0.717) is 12.1 Å². The fourth-order valence-corrected chi connectivity index (χ4v) is 2.15. The van der Waals surface area contributed by atoms with E-state index < -0.39 is 0 Å². The molecule has 1 aliphatic rings. The van der Waals surface area contributed by atoms with Crippen molar-refractivity contribution in [3.05, 3.63) is 18.0 Å². The van der Waals surface area contributed by atoms with E-state index in [1.165, 1.54) is 25.1 Å². The third kappa shape index (κ3) is 1.98. The fourth-order valence-electron chi connectivity index (χ4n) is 2.15. The average molecular weight is 193 g/mol. The summed E-state index contributed by atoms with van der Waals surface area (Å²) in [5, 5.41) is 7.87. The van der Waals surface area contributed by atoms with Crippen LogP contribution in [0.15, 0.2) is 12.3 Å². The first kappa shape index (κ1) is 9.71. The molecule has 3 heteroatoms. The van der Waals surface area contributed by atoms with Gasteiger partial charge in [-0.15, -0.1) is 0 Å². The molecular weight excluding hydrogens is 174 g/mol. The van der Waals surface area contributed by atoms with Crippen LogP contribution in [0.2, 0.25) is 0 Å². The molecule has 3 nitrogen and oxygen atoms in total. The summed E-state index contributed by atoms with van der Waals surface area (Å²) in [5.74, 6) is 0. The van der Waals surface area contributed by atoms with Gasteiger partial charge in [-0.2, -0.15) is 5.10 Å². The maximum absolute atomic E-state index is 4.35. The molecule has 0 amide bonds. The van der Waals surface area contributed by atoms with Crippen molar-refractivity contribution in [3.63, 3.8) is 0 Å². The summed E-state index contributed by atoms with van der Waals surface area (Å²) >= 11 is 0. The number of aromatic nitrogens is 2. The minimum atomic E-state index is 0.474. The average Bonchev–Trinajstić information content (AvgIpc) is 2.75. The van der Waals surface area contributed by atoms with E-state index in [9.17, 15) is 0 Å². The molecule has 14 heavy (non-hydrogen) atoms. The van der Waals surface area contributed by atoms with E-state index in [1.807, 2.05) is 6.20 Å². The van der Waals surface area contributed by atoms with Gasteiger partial charge in [-0.05, 0) is 39.3 Å². The van der Waals surface area contributed by atoms with Crippen LogP contribution in [0.3, 0.4) is 0 Å². The van der Waals surface area contributed by atoms with Gasteiger partial charge in [0.05, 0.1) is 0 Å².